The first-order valence-corrected chi connectivity index (χ1v) is 18.4. The second-order valence-electron chi connectivity index (χ2n) is 13.1. The highest BCUT2D eigenvalue weighted by molar-refractivity contribution is 7.86. The molecule has 51 heavy (non-hydrogen) atoms. The molecule has 2 N–H and O–H groups in total. The average molecular weight is 736 g/mol. The molecule has 2 aromatic heterocycles. The van der Waals surface area contributed by atoms with Crippen molar-refractivity contribution in [3.63, 3.8) is 0 Å². The maximum absolute atomic E-state index is 16.0. The van der Waals surface area contributed by atoms with Gasteiger partial charge in [-0.15, -0.1) is 3.89 Å². The Labute approximate surface area is 299 Å². The number of ether oxygens (including phenoxy) is 1. The Bertz CT molecular complexity index is 2210. The van der Waals surface area contributed by atoms with Gasteiger partial charge in [-0.3, -0.25) is 9.78 Å². The van der Waals surface area contributed by atoms with Crippen molar-refractivity contribution in [1.29, 1.82) is 0 Å². The first-order valence-electron chi connectivity index (χ1n) is 16.6. The molecule has 3 fully saturated rings. The Balaban J connectivity index is 0.000000183. The van der Waals surface area contributed by atoms with Gasteiger partial charge in [-0.1, -0.05) is 41.9 Å². The Morgan fingerprint density at radius 1 is 1.00 bits per heavy atom. The van der Waals surface area contributed by atoms with Crippen LogP contribution >= 0.6 is 11.6 Å². The summed E-state index contributed by atoms with van der Waals surface area (Å²) in [4.78, 5) is 29.3. The fourth-order valence-electron chi connectivity index (χ4n) is 7.09. The van der Waals surface area contributed by atoms with Gasteiger partial charge >= 0.3 is 16.2 Å². The topological polar surface area (TPSA) is 130 Å². The molecule has 3 saturated heterocycles. The van der Waals surface area contributed by atoms with E-state index in [-0.39, 0.29) is 29.2 Å². The Kier molecular flexibility index (Phi) is 9.76. The Hall–Kier alpha value is -4.50. The summed E-state index contributed by atoms with van der Waals surface area (Å²) in [6.45, 7) is 3.36. The van der Waals surface area contributed by atoms with Crippen LogP contribution in [0.2, 0.25) is 5.02 Å². The van der Waals surface area contributed by atoms with E-state index < -0.39 is 20.9 Å². The number of likely N-dealkylation sites (tertiary alicyclic amines) is 1. The Morgan fingerprint density at radius 3 is 2.35 bits per heavy atom. The third kappa shape index (κ3) is 7.31. The van der Waals surface area contributed by atoms with Crippen molar-refractivity contribution in [2.75, 3.05) is 45.2 Å². The van der Waals surface area contributed by atoms with E-state index in [1.54, 1.807) is 12.3 Å². The van der Waals surface area contributed by atoms with Gasteiger partial charge in [0.15, 0.2) is 5.82 Å². The average Bonchev–Trinajstić information content (AvgIpc) is 3.70. The quantitative estimate of drug-likeness (QED) is 0.220. The number of nitrogens with one attached hydrogen (secondary N) is 2. The Morgan fingerprint density at radius 2 is 1.71 bits per heavy atom. The number of methoxy groups -OCH3 is 1. The van der Waals surface area contributed by atoms with E-state index in [0.717, 1.165) is 68.3 Å². The van der Waals surface area contributed by atoms with Crippen molar-refractivity contribution in [2.24, 2.45) is 0 Å². The first-order chi connectivity index (χ1) is 24.5. The summed E-state index contributed by atoms with van der Waals surface area (Å²) >= 11 is 6.48. The number of likely N-dealkylation sites (N-methyl/N-ethyl adjacent to an activating group) is 1. The minimum atomic E-state index is -4.71. The molecule has 0 radical (unpaired) electrons. The molecule has 266 valence electrons. The number of aromatic nitrogens is 3. The lowest BCUT2D eigenvalue weighted by Gasteiger charge is -2.34. The van der Waals surface area contributed by atoms with Crippen LogP contribution in [-0.4, -0.2) is 92.6 Å². The number of carbonyl (C=O) groups excluding carboxylic acids is 1. The van der Waals surface area contributed by atoms with Crippen LogP contribution < -0.4 is 20.3 Å². The number of rotatable bonds is 6. The molecule has 5 aromatic rings. The van der Waals surface area contributed by atoms with E-state index in [1.807, 2.05) is 37.4 Å². The minimum absolute atomic E-state index is 0.0992. The lowest BCUT2D eigenvalue weighted by molar-refractivity contribution is 0.0938. The fourth-order valence-corrected chi connectivity index (χ4v) is 7.84. The maximum Gasteiger partial charge on any atom is 0.332 e. The summed E-state index contributed by atoms with van der Waals surface area (Å²) in [6.07, 6.45) is 4.83. The van der Waals surface area contributed by atoms with Gasteiger partial charge in [-0.25, -0.2) is 4.39 Å². The van der Waals surface area contributed by atoms with Crippen molar-refractivity contribution in [3.05, 3.63) is 83.3 Å². The van der Waals surface area contributed by atoms with Crippen LogP contribution in [0.25, 0.3) is 32.9 Å². The molecule has 0 saturated carbocycles. The summed E-state index contributed by atoms with van der Waals surface area (Å²) in [5.41, 5.74) is 1.36. The minimum Gasteiger partial charge on any atom is -0.467 e. The first kappa shape index (κ1) is 34.9. The van der Waals surface area contributed by atoms with E-state index in [0.29, 0.717) is 39.4 Å². The molecular weight excluding hydrogens is 700 g/mol. The summed E-state index contributed by atoms with van der Waals surface area (Å²) < 4.78 is 55.3. The summed E-state index contributed by atoms with van der Waals surface area (Å²) in [7, 11) is -1.24. The van der Waals surface area contributed by atoms with E-state index >= 15 is 4.39 Å². The molecule has 0 aliphatic carbocycles. The largest absolute Gasteiger partial charge is 0.467 e. The van der Waals surface area contributed by atoms with Gasteiger partial charge in [-0.05, 0) is 68.6 Å². The third-order valence-electron chi connectivity index (χ3n) is 9.58. The van der Waals surface area contributed by atoms with Crippen molar-refractivity contribution in [3.8, 4) is 17.3 Å². The fraction of sp³-hybridized carbons (Fsp3) is 0.333. The zero-order valence-corrected chi connectivity index (χ0v) is 29.5. The smallest absolute Gasteiger partial charge is 0.332 e. The van der Waals surface area contributed by atoms with Gasteiger partial charge in [0.1, 0.15) is 17.0 Å². The summed E-state index contributed by atoms with van der Waals surface area (Å²) in [5.74, 6) is -0.114. The van der Waals surface area contributed by atoms with E-state index in [4.69, 9.17) is 16.3 Å². The standard InChI is InChI=1S/C24H21ClFN5O.C12H15FN2O3S/c1-32-24-29-22-17(23(30-24)31-11-14-8-9-15(12-31)28-14)10-27-21(20(22)26)16-6-2-4-13-5-3-7-18(25)19(13)16;1-15-7-6-10(8-15)14-12(16)9-2-4-11(5-3-9)19(13,17)18/h2-7,10,14-15,28H,8-9,11-12H2,1H3;2-5,10H,6-8H2,1H3,(H,14,16). The van der Waals surface area contributed by atoms with Crippen molar-refractivity contribution in [1.82, 2.24) is 30.5 Å². The number of hydrogen-bond acceptors (Lipinski definition) is 10. The molecule has 3 aliphatic rings. The number of pyridine rings is 1. The van der Waals surface area contributed by atoms with Crippen molar-refractivity contribution < 1.29 is 26.2 Å². The van der Waals surface area contributed by atoms with E-state index in [2.05, 4.69) is 35.4 Å². The van der Waals surface area contributed by atoms with Crippen molar-refractivity contribution >= 4 is 55.2 Å². The second-order valence-corrected chi connectivity index (χ2v) is 14.8. The predicted octanol–water partition coefficient (Wildman–Crippen LogP) is 5.37. The number of nitrogens with zero attached hydrogens (tertiary/aromatic N) is 5. The molecule has 2 bridgehead atoms. The number of anilines is 1. The van der Waals surface area contributed by atoms with E-state index in [1.165, 1.54) is 19.2 Å². The maximum atomic E-state index is 16.0. The molecular formula is C36H36ClF2N7O4S. The van der Waals surface area contributed by atoms with Gasteiger partial charge in [0.2, 0.25) is 0 Å². The lowest BCUT2D eigenvalue weighted by Crippen LogP contribution is -2.51. The van der Waals surface area contributed by atoms with E-state index in [9.17, 15) is 17.1 Å². The van der Waals surface area contributed by atoms with Gasteiger partial charge in [-0.2, -0.15) is 18.4 Å². The molecule has 5 heterocycles. The number of benzene rings is 3. The normalized spacial score (nSPS) is 20.3. The number of carbonyl (C=O) groups is 1. The molecule has 11 nitrogen and oxygen atoms in total. The monoisotopic (exact) mass is 735 g/mol. The van der Waals surface area contributed by atoms with Crippen molar-refractivity contribution in [2.45, 2.75) is 42.3 Å². The summed E-state index contributed by atoms with van der Waals surface area (Å²) in [6, 6.07) is 17.2. The molecule has 15 heteroatoms. The van der Waals surface area contributed by atoms with Crippen LogP contribution in [-0.2, 0) is 10.2 Å². The molecule has 3 aromatic carbocycles. The molecule has 8 rings (SSSR count). The van der Waals surface area contributed by atoms with Gasteiger partial charge < -0.3 is 25.2 Å². The number of amides is 1. The SMILES string of the molecule is CN1CCC(NC(=O)c2ccc(S(=O)(=O)F)cc2)C1.COc1nc(N2CC3CCC(C2)N3)c2cnc(-c3cccc4cccc(Cl)c34)c(F)c2n1. The predicted molar refractivity (Wildman–Crippen MR) is 192 cm³/mol. The number of fused-ring (bicyclic) bond motifs is 4. The number of hydrogen-bond donors (Lipinski definition) is 2. The molecule has 0 spiro atoms. The highest BCUT2D eigenvalue weighted by Gasteiger charge is 2.34. The van der Waals surface area contributed by atoms with Crippen LogP contribution in [0.1, 0.15) is 29.6 Å². The summed E-state index contributed by atoms with van der Waals surface area (Å²) in [5, 5.41) is 9.30. The van der Waals surface area contributed by atoms with Gasteiger partial charge in [0.25, 0.3) is 5.91 Å². The number of piperazine rings is 1. The second kappa shape index (κ2) is 14.3. The van der Waals surface area contributed by atoms with Crippen LogP contribution in [0, 0.1) is 5.82 Å². The van der Waals surface area contributed by atoms with Crippen LogP contribution in [0.15, 0.2) is 71.8 Å². The van der Waals surface area contributed by atoms with Crippen LogP contribution in [0.5, 0.6) is 6.01 Å². The zero-order valence-electron chi connectivity index (χ0n) is 27.9. The van der Waals surface area contributed by atoms with Gasteiger partial charge in [0, 0.05) is 65.5 Å². The zero-order chi connectivity index (χ0) is 35.9. The van der Waals surface area contributed by atoms with Crippen LogP contribution in [0.3, 0.4) is 0 Å². The highest BCUT2D eigenvalue weighted by Crippen LogP contribution is 2.38. The molecule has 1 amide bonds. The molecule has 3 unspecified atom stereocenters. The highest BCUT2D eigenvalue weighted by atomic mass is 35.5. The van der Waals surface area contributed by atoms with Crippen LogP contribution in [0.4, 0.5) is 14.1 Å². The van der Waals surface area contributed by atoms with Gasteiger partial charge in [0.05, 0.1) is 17.4 Å². The number of halogens is 3. The third-order valence-corrected chi connectivity index (χ3v) is 10.7. The lowest BCUT2D eigenvalue weighted by atomic mass is 10.0. The molecule has 3 aliphatic heterocycles. The molecule has 3 atom stereocenters.